The molecule has 0 atom stereocenters. The summed E-state index contributed by atoms with van der Waals surface area (Å²) in [7, 11) is 0. The van der Waals surface area contributed by atoms with Crippen molar-refractivity contribution in [2.75, 3.05) is 0 Å². The first-order chi connectivity index (χ1) is 10.8. The van der Waals surface area contributed by atoms with Crippen LogP contribution in [-0.4, -0.2) is 15.2 Å². The van der Waals surface area contributed by atoms with Crippen LogP contribution in [0.25, 0.3) is 33.1 Å². The largest absolute Gasteiger partial charge is 0.422 e. The summed E-state index contributed by atoms with van der Waals surface area (Å²) in [5.74, 6) is 0. The lowest BCUT2D eigenvalue weighted by Gasteiger charge is -2.15. The molecule has 106 valence electrons. The molecule has 0 saturated carbocycles. The number of pyridine rings is 1. The van der Waals surface area contributed by atoms with E-state index in [9.17, 15) is 4.79 Å². The first kappa shape index (κ1) is 11.7. The lowest BCUT2D eigenvalue weighted by molar-refractivity contribution is 0.569. The van der Waals surface area contributed by atoms with Gasteiger partial charge in [0.05, 0.1) is 28.5 Å². The monoisotopic (exact) mass is 289 g/mol. The van der Waals surface area contributed by atoms with Crippen LogP contribution in [0.4, 0.5) is 0 Å². The lowest BCUT2D eigenvalue weighted by Crippen LogP contribution is -2.09. The molecule has 0 unspecified atom stereocenters. The predicted octanol–water partition coefficient (Wildman–Crippen LogP) is 2.83. The van der Waals surface area contributed by atoms with Gasteiger partial charge < -0.3 is 4.42 Å². The SMILES string of the molecule is O=c1oc2ccccc2c2nc3c(cc12)-c1[nH]ncc1CC3. The van der Waals surface area contributed by atoms with E-state index in [2.05, 4.69) is 10.2 Å². The van der Waals surface area contributed by atoms with Gasteiger partial charge in [0, 0.05) is 10.9 Å². The van der Waals surface area contributed by atoms with Gasteiger partial charge in [-0.1, -0.05) is 12.1 Å². The number of nitrogens with one attached hydrogen (secondary N) is 1. The van der Waals surface area contributed by atoms with Gasteiger partial charge >= 0.3 is 5.63 Å². The number of benzene rings is 1. The Morgan fingerprint density at radius 3 is 3.00 bits per heavy atom. The van der Waals surface area contributed by atoms with E-state index in [0.29, 0.717) is 16.5 Å². The first-order valence-electron chi connectivity index (χ1n) is 7.19. The molecule has 1 N–H and O–H groups in total. The molecule has 0 spiro atoms. The molecular weight excluding hydrogens is 278 g/mol. The third-order valence-electron chi connectivity index (χ3n) is 4.28. The molecule has 5 heteroatoms. The molecule has 0 aliphatic heterocycles. The molecule has 3 heterocycles. The van der Waals surface area contributed by atoms with Crippen LogP contribution in [0, 0.1) is 0 Å². The van der Waals surface area contributed by atoms with Crippen molar-refractivity contribution >= 4 is 21.9 Å². The number of nitrogens with zero attached hydrogens (tertiary/aromatic N) is 2. The third kappa shape index (κ3) is 1.45. The Morgan fingerprint density at radius 2 is 2.05 bits per heavy atom. The number of hydrogen-bond donors (Lipinski definition) is 1. The van der Waals surface area contributed by atoms with Crippen LogP contribution in [0.3, 0.4) is 0 Å². The molecule has 4 aromatic rings. The summed E-state index contributed by atoms with van der Waals surface area (Å²) < 4.78 is 5.41. The Morgan fingerprint density at radius 1 is 1.14 bits per heavy atom. The van der Waals surface area contributed by atoms with Crippen molar-refractivity contribution in [3.05, 3.63) is 58.2 Å². The van der Waals surface area contributed by atoms with Gasteiger partial charge in [0.25, 0.3) is 0 Å². The molecule has 0 fully saturated rings. The van der Waals surface area contributed by atoms with Gasteiger partial charge in [-0.05, 0) is 36.6 Å². The second-order valence-electron chi connectivity index (χ2n) is 5.53. The minimum Gasteiger partial charge on any atom is -0.422 e. The topological polar surface area (TPSA) is 71.8 Å². The van der Waals surface area contributed by atoms with Crippen LogP contribution in [0.5, 0.6) is 0 Å². The quantitative estimate of drug-likeness (QED) is 0.399. The Labute approximate surface area is 124 Å². The van der Waals surface area contributed by atoms with E-state index in [1.165, 1.54) is 5.56 Å². The Kier molecular flexibility index (Phi) is 2.14. The minimum absolute atomic E-state index is 0.351. The maximum Gasteiger partial charge on any atom is 0.345 e. The highest BCUT2D eigenvalue weighted by Crippen LogP contribution is 2.33. The zero-order chi connectivity index (χ0) is 14.7. The molecule has 0 saturated heterocycles. The molecule has 0 bridgehead atoms. The van der Waals surface area contributed by atoms with Crippen LogP contribution in [0.2, 0.25) is 0 Å². The summed E-state index contributed by atoms with van der Waals surface area (Å²) in [4.78, 5) is 17.1. The fourth-order valence-corrected chi connectivity index (χ4v) is 3.21. The molecule has 1 aliphatic carbocycles. The fraction of sp³-hybridized carbons (Fsp3) is 0.118. The van der Waals surface area contributed by atoms with Crippen molar-refractivity contribution in [2.45, 2.75) is 12.8 Å². The summed E-state index contributed by atoms with van der Waals surface area (Å²) in [6.07, 6.45) is 3.61. The van der Waals surface area contributed by atoms with Crippen molar-refractivity contribution in [1.82, 2.24) is 15.2 Å². The molecule has 1 aromatic carbocycles. The van der Waals surface area contributed by atoms with Crippen LogP contribution in [0.1, 0.15) is 11.3 Å². The fourth-order valence-electron chi connectivity index (χ4n) is 3.21. The summed E-state index contributed by atoms with van der Waals surface area (Å²) in [5.41, 5.74) is 5.02. The van der Waals surface area contributed by atoms with Gasteiger partial charge in [0.15, 0.2) is 0 Å². The second kappa shape index (κ2) is 4.04. The number of aryl methyl sites for hydroxylation is 2. The maximum atomic E-state index is 12.3. The normalized spacial score (nSPS) is 13.3. The van der Waals surface area contributed by atoms with Crippen molar-refractivity contribution in [3.8, 4) is 11.3 Å². The number of fused-ring (bicyclic) bond motifs is 6. The number of para-hydroxylation sites is 1. The van der Waals surface area contributed by atoms with E-state index in [1.54, 1.807) is 6.07 Å². The van der Waals surface area contributed by atoms with Crippen LogP contribution in [0.15, 0.2) is 45.7 Å². The number of rotatable bonds is 0. The number of aromatic nitrogens is 3. The average molecular weight is 289 g/mol. The number of aromatic amines is 1. The highest BCUT2D eigenvalue weighted by atomic mass is 16.4. The predicted molar refractivity (Wildman–Crippen MR) is 82.8 cm³/mol. The zero-order valence-electron chi connectivity index (χ0n) is 11.6. The Balaban J connectivity index is 1.96. The van der Waals surface area contributed by atoms with E-state index in [4.69, 9.17) is 9.40 Å². The van der Waals surface area contributed by atoms with Crippen molar-refractivity contribution in [3.63, 3.8) is 0 Å². The van der Waals surface area contributed by atoms with Gasteiger partial charge in [-0.3, -0.25) is 10.1 Å². The summed E-state index contributed by atoms with van der Waals surface area (Å²) in [6, 6.07) is 9.39. The van der Waals surface area contributed by atoms with Crippen molar-refractivity contribution in [2.24, 2.45) is 0 Å². The minimum atomic E-state index is -0.351. The maximum absolute atomic E-state index is 12.3. The first-order valence-corrected chi connectivity index (χ1v) is 7.19. The molecule has 3 aromatic heterocycles. The summed E-state index contributed by atoms with van der Waals surface area (Å²) in [6.45, 7) is 0. The van der Waals surface area contributed by atoms with Gasteiger partial charge in [0.2, 0.25) is 0 Å². The summed E-state index contributed by atoms with van der Waals surface area (Å²) in [5, 5.41) is 8.50. The van der Waals surface area contributed by atoms with Crippen molar-refractivity contribution in [1.29, 1.82) is 0 Å². The number of hydrogen-bond acceptors (Lipinski definition) is 4. The average Bonchev–Trinajstić information content (AvgIpc) is 3.03. The van der Waals surface area contributed by atoms with Crippen LogP contribution < -0.4 is 5.63 Å². The highest BCUT2D eigenvalue weighted by Gasteiger charge is 2.21. The molecule has 0 radical (unpaired) electrons. The third-order valence-corrected chi connectivity index (χ3v) is 4.28. The highest BCUT2D eigenvalue weighted by molar-refractivity contribution is 6.02. The van der Waals surface area contributed by atoms with Gasteiger partial charge in [0.1, 0.15) is 5.58 Å². The van der Waals surface area contributed by atoms with Gasteiger partial charge in [-0.25, -0.2) is 4.79 Å². The van der Waals surface area contributed by atoms with E-state index in [0.717, 1.165) is 35.2 Å². The molecule has 22 heavy (non-hydrogen) atoms. The summed E-state index contributed by atoms with van der Waals surface area (Å²) >= 11 is 0. The zero-order valence-corrected chi connectivity index (χ0v) is 11.6. The lowest BCUT2D eigenvalue weighted by atomic mass is 9.93. The number of H-pyrrole nitrogens is 1. The van der Waals surface area contributed by atoms with E-state index >= 15 is 0 Å². The van der Waals surface area contributed by atoms with E-state index < -0.39 is 0 Å². The standard InChI is InChI=1S/C17H11N3O2/c21-17-12-7-11-13(6-5-9-8-18-20-15(9)11)19-16(12)10-3-1-2-4-14(10)22-17/h1-4,7-8H,5-6H2,(H,18,20). The smallest absolute Gasteiger partial charge is 0.345 e. The van der Waals surface area contributed by atoms with Crippen molar-refractivity contribution < 1.29 is 4.42 Å². The Hall–Kier alpha value is -2.95. The Bertz CT molecular complexity index is 1110. The molecular formula is C17H11N3O2. The molecule has 5 rings (SSSR count). The van der Waals surface area contributed by atoms with Crippen LogP contribution >= 0.6 is 0 Å². The molecule has 5 nitrogen and oxygen atoms in total. The second-order valence-corrected chi connectivity index (χ2v) is 5.53. The molecule has 1 aliphatic rings. The van der Waals surface area contributed by atoms with Gasteiger partial charge in [-0.15, -0.1) is 0 Å². The van der Waals surface area contributed by atoms with Gasteiger partial charge in [-0.2, -0.15) is 5.10 Å². The van der Waals surface area contributed by atoms with E-state index in [1.807, 2.05) is 30.5 Å². The van der Waals surface area contributed by atoms with Crippen LogP contribution in [-0.2, 0) is 12.8 Å². The molecule has 0 amide bonds. The van der Waals surface area contributed by atoms with E-state index in [-0.39, 0.29) is 5.63 Å².